The number of rotatable bonds is 6. The molecule has 0 bridgehead atoms. The number of guanidine groups is 1. The lowest BCUT2D eigenvalue weighted by Crippen LogP contribution is -2.46. The van der Waals surface area contributed by atoms with Gasteiger partial charge in [-0.15, -0.1) is 0 Å². The van der Waals surface area contributed by atoms with Crippen molar-refractivity contribution in [3.05, 3.63) is 54.0 Å². The lowest BCUT2D eigenvalue weighted by atomic mass is 10.1. The van der Waals surface area contributed by atoms with Crippen molar-refractivity contribution in [2.45, 2.75) is 25.8 Å². The zero-order valence-corrected chi connectivity index (χ0v) is 16.8. The maximum absolute atomic E-state index is 13.9. The van der Waals surface area contributed by atoms with E-state index in [4.69, 9.17) is 0 Å². The summed E-state index contributed by atoms with van der Waals surface area (Å²) in [5.41, 5.74) is 1.95. The fourth-order valence-electron chi connectivity index (χ4n) is 3.31. The van der Waals surface area contributed by atoms with E-state index in [2.05, 4.69) is 32.9 Å². The van der Waals surface area contributed by atoms with Gasteiger partial charge in [-0.2, -0.15) is 0 Å². The smallest absolute Gasteiger partial charge is 0.243 e. The van der Waals surface area contributed by atoms with E-state index in [-0.39, 0.29) is 24.3 Å². The summed E-state index contributed by atoms with van der Waals surface area (Å²) in [6.45, 7) is 3.49. The Morgan fingerprint density at radius 2 is 2.21 bits per heavy atom. The van der Waals surface area contributed by atoms with Crippen LogP contribution in [0.25, 0.3) is 0 Å². The second-order valence-electron chi connectivity index (χ2n) is 6.91. The van der Waals surface area contributed by atoms with Gasteiger partial charge in [0, 0.05) is 38.1 Å². The third-order valence-electron chi connectivity index (χ3n) is 4.83. The van der Waals surface area contributed by atoms with E-state index in [9.17, 15) is 9.18 Å². The molecule has 1 fully saturated rings. The summed E-state index contributed by atoms with van der Waals surface area (Å²) in [5, 5.41) is 9.20. The van der Waals surface area contributed by atoms with Crippen LogP contribution in [0.3, 0.4) is 0 Å². The molecule has 29 heavy (non-hydrogen) atoms. The molecular formula is C21H27FN6O. The molecule has 1 unspecified atom stereocenters. The quantitative estimate of drug-likeness (QED) is 0.513. The molecule has 0 aliphatic carbocycles. The summed E-state index contributed by atoms with van der Waals surface area (Å²) in [4.78, 5) is 22.4. The van der Waals surface area contributed by atoms with Crippen LogP contribution in [0.15, 0.2) is 47.6 Å². The molecule has 2 aromatic rings. The normalized spacial score (nSPS) is 16.6. The monoisotopic (exact) mass is 398 g/mol. The van der Waals surface area contributed by atoms with Crippen LogP contribution in [0.1, 0.15) is 18.9 Å². The summed E-state index contributed by atoms with van der Waals surface area (Å²) >= 11 is 0. The van der Waals surface area contributed by atoms with Gasteiger partial charge in [0.25, 0.3) is 0 Å². The number of hydrogen-bond acceptors (Lipinski definition) is 4. The molecule has 1 aliphatic heterocycles. The summed E-state index contributed by atoms with van der Waals surface area (Å²) < 4.78 is 13.9. The number of hydrogen-bond donors (Lipinski definition) is 3. The molecule has 1 saturated heterocycles. The van der Waals surface area contributed by atoms with Crippen molar-refractivity contribution in [1.29, 1.82) is 0 Å². The highest BCUT2D eigenvalue weighted by Crippen LogP contribution is 2.20. The maximum Gasteiger partial charge on any atom is 0.243 e. The minimum atomic E-state index is -0.320. The number of benzene rings is 1. The van der Waals surface area contributed by atoms with Crippen LogP contribution in [0.2, 0.25) is 0 Å². The van der Waals surface area contributed by atoms with Gasteiger partial charge in [-0.1, -0.05) is 19.1 Å². The fraction of sp³-hybridized carbons (Fsp3) is 0.381. The molecule has 2 heterocycles. The second kappa shape index (κ2) is 9.86. The molecule has 0 spiro atoms. The van der Waals surface area contributed by atoms with Crippen LogP contribution >= 0.6 is 0 Å². The number of nitrogens with zero attached hydrogens (tertiary/aromatic N) is 3. The number of aryl methyl sites for hydroxylation is 1. The number of carbonyl (C=O) groups excluding carboxylic acids is 1. The number of pyridine rings is 1. The Balaban J connectivity index is 1.47. The van der Waals surface area contributed by atoms with E-state index >= 15 is 0 Å². The van der Waals surface area contributed by atoms with E-state index in [1.165, 1.54) is 11.6 Å². The van der Waals surface area contributed by atoms with Crippen LogP contribution in [-0.2, 0) is 11.2 Å². The van der Waals surface area contributed by atoms with E-state index in [1.807, 2.05) is 29.2 Å². The van der Waals surface area contributed by atoms with Gasteiger partial charge in [-0.25, -0.2) is 9.37 Å². The maximum atomic E-state index is 13.9. The topological polar surface area (TPSA) is 81.6 Å². The molecule has 1 aromatic heterocycles. The first-order valence-corrected chi connectivity index (χ1v) is 9.80. The standard InChI is InChI=1S/C21H27FN6O/c1-3-15-6-4-7-16(12-15)26-19(29)13-25-21(23-2)27-17-9-11-28(14-17)20-18(22)8-5-10-24-20/h4-8,10,12,17H,3,9,11,13-14H2,1-2H3,(H,26,29)(H2,23,25,27). The molecule has 3 N–H and O–H groups in total. The van der Waals surface area contributed by atoms with Gasteiger partial charge in [0.05, 0.1) is 6.54 Å². The van der Waals surface area contributed by atoms with Crippen molar-refractivity contribution in [3.8, 4) is 0 Å². The molecule has 1 atom stereocenters. The SMILES string of the molecule is CCc1cccc(NC(=O)CNC(=NC)NC2CCN(c3ncccc3F)C2)c1. The Bertz CT molecular complexity index is 872. The average Bonchev–Trinajstić information content (AvgIpc) is 3.19. The predicted molar refractivity (Wildman–Crippen MR) is 114 cm³/mol. The molecule has 7 nitrogen and oxygen atoms in total. The Morgan fingerprint density at radius 1 is 1.34 bits per heavy atom. The van der Waals surface area contributed by atoms with Gasteiger partial charge in [-0.3, -0.25) is 9.79 Å². The number of amides is 1. The second-order valence-corrected chi connectivity index (χ2v) is 6.91. The first kappa shape index (κ1) is 20.6. The molecule has 3 rings (SSSR count). The number of nitrogens with one attached hydrogen (secondary N) is 3. The van der Waals surface area contributed by atoms with Crippen LogP contribution in [-0.4, -0.2) is 49.6 Å². The lowest BCUT2D eigenvalue weighted by Gasteiger charge is -2.19. The zero-order chi connectivity index (χ0) is 20.6. The van der Waals surface area contributed by atoms with Gasteiger partial charge in [0.1, 0.15) is 0 Å². The summed E-state index contributed by atoms with van der Waals surface area (Å²) in [6.07, 6.45) is 3.33. The first-order valence-electron chi connectivity index (χ1n) is 9.80. The molecule has 8 heteroatoms. The molecule has 0 radical (unpaired) electrons. The summed E-state index contributed by atoms with van der Waals surface area (Å²) in [6, 6.07) is 10.9. The van der Waals surface area contributed by atoms with Gasteiger partial charge in [0.2, 0.25) is 5.91 Å². The molecular weight excluding hydrogens is 371 g/mol. The molecule has 0 saturated carbocycles. The predicted octanol–water partition coefficient (Wildman–Crippen LogP) is 2.17. The Labute approximate surface area is 170 Å². The summed E-state index contributed by atoms with van der Waals surface area (Å²) in [7, 11) is 1.66. The number of aliphatic imine (C=N–C) groups is 1. The molecule has 1 amide bonds. The molecule has 1 aromatic carbocycles. The highest BCUT2D eigenvalue weighted by Gasteiger charge is 2.26. The van der Waals surface area contributed by atoms with Crippen molar-refractivity contribution >= 4 is 23.4 Å². The Hall–Kier alpha value is -3.16. The lowest BCUT2D eigenvalue weighted by molar-refractivity contribution is -0.115. The van der Waals surface area contributed by atoms with Crippen LogP contribution < -0.4 is 20.9 Å². The number of anilines is 2. The highest BCUT2D eigenvalue weighted by molar-refractivity contribution is 5.95. The van der Waals surface area contributed by atoms with Crippen LogP contribution in [0, 0.1) is 5.82 Å². The van der Waals surface area contributed by atoms with Crippen LogP contribution in [0.5, 0.6) is 0 Å². The van der Waals surface area contributed by atoms with Crippen molar-refractivity contribution in [3.63, 3.8) is 0 Å². The fourth-order valence-corrected chi connectivity index (χ4v) is 3.31. The van der Waals surface area contributed by atoms with Gasteiger partial charge in [-0.05, 0) is 42.7 Å². The van der Waals surface area contributed by atoms with E-state index in [1.54, 1.807) is 19.3 Å². The number of carbonyl (C=O) groups is 1. The van der Waals surface area contributed by atoms with Gasteiger partial charge >= 0.3 is 0 Å². The van der Waals surface area contributed by atoms with E-state index in [0.29, 0.717) is 24.9 Å². The van der Waals surface area contributed by atoms with E-state index < -0.39 is 0 Å². The van der Waals surface area contributed by atoms with Crippen molar-refractivity contribution < 1.29 is 9.18 Å². The Morgan fingerprint density at radius 3 is 2.97 bits per heavy atom. The summed E-state index contributed by atoms with van der Waals surface area (Å²) in [5.74, 6) is 0.438. The highest BCUT2D eigenvalue weighted by atomic mass is 19.1. The Kier molecular flexibility index (Phi) is 6.99. The molecule has 154 valence electrons. The average molecular weight is 398 g/mol. The minimum absolute atomic E-state index is 0.0897. The zero-order valence-electron chi connectivity index (χ0n) is 16.8. The van der Waals surface area contributed by atoms with Crippen molar-refractivity contribution in [1.82, 2.24) is 15.6 Å². The largest absolute Gasteiger partial charge is 0.352 e. The van der Waals surface area contributed by atoms with E-state index in [0.717, 1.165) is 18.5 Å². The number of halogens is 1. The van der Waals surface area contributed by atoms with Gasteiger partial charge in [0.15, 0.2) is 17.6 Å². The van der Waals surface area contributed by atoms with Crippen LogP contribution in [0.4, 0.5) is 15.9 Å². The van der Waals surface area contributed by atoms with Crippen molar-refractivity contribution in [2.24, 2.45) is 4.99 Å². The molecule has 1 aliphatic rings. The minimum Gasteiger partial charge on any atom is -0.352 e. The number of aromatic nitrogens is 1. The third-order valence-corrected chi connectivity index (χ3v) is 4.83. The first-order chi connectivity index (χ1) is 14.1. The third kappa shape index (κ3) is 5.66. The van der Waals surface area contributed by atoms with Gasteiger partial charge < -0.3 is 20.9 Å². The van der Waals surface area contributed by atoms with Crippen molar-refractivity contribution in [2.75, 3.05) is 36.9 Å².